The minimum Gasteiger partial charge on any atom is -0.339 e. The summed E-state index contributed by atoms with van der Waals surface area (Å²) in [5, 5.41) is 3.26. The lowest BCUT2D eigenvalue weighted by Gasteiger charge is -2.20. The van der Waals surface area contributed by atoms with Crippen LogP contribution in [0.25, 0.3) is 0 Å². The number of carbonyl (C=O) groups is 1. The van der Waals surface area contributed by atoms with E-state index in [1.807, 2.05) is 18.2 Å². The van der Waals surface area contributed by atoms with Crippen molar-refractivity contribution < 1.29 is 9.69 Å². The van der Waals surface area contributed by atoms with Gasteiger partial charge in [0.2, 0.25) is 0 Å². The SMILES string of the molecule is C[NH+](C)C[C@@H](NC(=O)c1cc2c(s1)CCCCC2)c1ccccc1. The number of hydrogen-bond acceptors (Lipinski definition) is 2. The zero-order valence-corrected chi connectivity index (χ0v) is 15.4. The molecule has 0 radical (unpaired) electrons. The summed E-state index contributed by atoms with van der Waals surface area (Å²) in [6, 6.07) is 12.5. The van der Waals surface area contributed by atoms with Crippen molar-refractivity contribution >= 4 is 17.2 Å². The van der Waals surface area contributed by atoms with Gasteiger partial charge in [-0.05, 0) is 42.9 Å². The highest BCUT2D eigenvalue weighted by molar-refractivity contribution is 7.14. The average molecular weight is 344 g/mol. The van der Waals surface area contributed by atoms with Gasteiger partial charge in [0, 0.05) is 4.88 Å². The van der Waals surface area contributed by atoms with Gasteiger partial charge in [-0.1, -0.05) is 36.8 Å². The summed E-state index contributed by atoms with van der Waals surface area (Å²) in [5.41, 5.74) is 2.57. The number of thiophene rings is 1. The van der Waals surface area contributed by atoms with Crippen molar-refractivity contribution in [3.05, 3.63) is 57.3 Å². The largest absolute Gasteiger partial charge is 0.339 e. The van der Waals surface area contributed by atoms with E-state index < -0.39 is 0 Å². The number of nitrogens with one attached hydrogen (secondary N) is 2. The van der Waals surface area contributed by atoms with Crippen molar-refractivity contribution in [1.82, 2.24) is 5.32 Å². The first-order valence-corrected chi connectivity index (χ1v) is 9.71. The van der Waals surface area contributed by atoms with Crippen molar-refractivity contribution in [2.75, 3.05) is 20.6 Å². The van der Waals surface area contributed by atoms with Gasteiger partial charge in [-0.2, -0.15) is 0 Å². The lowest BCUT2D eigenvalue weighted by molar-refractivity contribution is -0.860. The fourth-order valence-electron chi connectivity index (χ4n) is 3.35. The number of quaternary nitrogens is 1. The van der Waals surface area contributed by atoms with Crippen LogP contribution in [-0.2, 0) is 12.8 Å². The molecule has 1 aliphatic rings. The zero-order chi connectivity index (χ0) is 16.9. The van der Waals surface area contributed by atoms with Gasteiger partial charge in [0.1, 0.15) is 12.6 Å². The first-order chi connectivity index (χ1) is 11.6. The summed E-state index contributed by atoms with van der Waals surface area (Å²) in [5.74, 6) is 0.0724. The number of rotatable bonds is 5. The van der Waals surface area contributed by atoms with E-state index in [0.29, 0.717) is 0 Å². The summed E-state index contributed by atoms with van der Waals surface area (Å²) in [7, 11) is 4.24. The second kappa shape index (κ2) is 7.95. The van der Waals surface area contributed by atoms with Crippen LogP contribution in [0.3, 0.4) is 0 Å². The maximum atomic E-state index is 12.8. The van der Waals surface area contributed by atoms with E-state index in [4.69, 9.17) is 0 Å². The summed E-state index contributed by atoms with van der Waals surface area (Å²) in [6.07, 6.45) is 6.08. The van der Waals surface area contributed by atoms with E-state index in [2.05, 4.69) is 37.6 Å². The lowest BCUT2D eigenvalue weighted by atomic mass is 10.1. The molecular weight excluding hydrogens is 316 g/mol. The molecule has 0 saturated carbocycles. The van der Waals surface area contributed by atoms with Crippen LogP contribution in [0.5, 0.6) is 0 Å². The Balaban J connectivity index is 1.76. The molecule has 1 atom stereocenters. The van der Waals surface area contributed by atoms with Crippen LogP contribution in [0.2, 0.25) is 0 Å². The summed E-state index contributed by atoms with van der Waals surface area (Å²) >= 11 is 1.69. The molecule has 0 bridgehead atoms. The number of amides is 1. The molecular formula is C20H27N2OS+. The van der Waals surface area contributed by atoms with Crippen molar-refractivity contribution in [3.63, 3.8) is 0 Å². The lowest BCUT2D eigenvalue weighted by Crippen LogP contribution is -3.06. The van der Waals surface area contributed by atoms with Crippen LogP contribution in [0.1, 0.15) is 51.0 Å². The molecule has 4 heteroatoms. The maximum absolute atomic E-state index is 12.8. The van der Waals surface area contributed by atoms with E-state index in [-0.39, 0.29) is 11.9 Å². The van der Waals surface area contributed by atoms with Gasteiger partial charge >= 0.3 is 0 Å². The predicted octanol–water partition coefficient (Wildman–Crippen LogP) is 2.63. The van der Waals surface area contributed by atoms with Crippen LogP contribution >= 0.6 is 11.3 Å². The Bertz CT molecular complexity index is 655. The van der Waals surface area contributed by atoms with Crippen molar-refractivity contribution in [3.8, 4) is 0 Å². The molecule has 1 aliphatic carbocycles. The second-order valence-electron chi connectivity index (χ2n) is 6.97. The minimum atomic E-state index is 0.0469. The molecule has 0 saturated heterocycles. The number of carbonyl (C=O) groups excluding carboxylic acids is 1. The van der Waals surface area contributed by atoms with Gasteiger partial charge in [-0.3, -0.25) is 4.79 Å². The van der Waals surface area contributed by atoms with E-state index in [9.17, 15) is 4.79 Å². The van der Waals surface area contributed by atoms with Crippen LogP contribution in [-0.4, -0.2) is 26.5 Å². The molecule has 2 aromatic rings. The molecule has 3 nitrogen and oxygen atoms in total. The summed E-state index contributed by atoms with van der Waals surface area (Å²) < 4.78 is 0. The van der Waals surface area contributed by atoms with Crippen LogP contribution < -0.4 is 10.2 Å². The third-order valence-corrected chi connectivity index (χ3v) is 5.83. The average Bonchev–Trinajstić information content (AvgIpc) is 2.86. The third-order valence-electron chi connectivity index (χ3n) is 4.59. The Hall–Kier alpha value is -1.65. The molecule has 0 unspecified atom stereocenters. The van der Waals surface area contributed by atoms with Crippen LogP contribution in [0.15, 0.2) is 36.4 Å². The molecule has 1 amide bonds. The Labute approximate surface area is 148 Å². The molecule has 128 valence electrons. The van der Waals surface area contributed by atoms with Crippen molar-refractivity contribution in [1.29, 1.82) is 0 Å². The highest BCUT2D eigenvalue weighted by Gasteiger charge is 2.21. The molecule has 1 aromatic heterocycles. The van der Waals surface area contributed by atoms with Gasteiger partial charge < -0.3 is 10.2 Å². The Kier molecular flexibility index (Phi) is 5.69. The van der Waals surface area contributed by atoms with E-state index in [1.165, 1.54) is 40.2 Å². The first-order valence-electron chi connectivity index (χ1n) is 8.90. The minimum absolute atomic E-state index is 0.0469. The molecule has 2 N–H and O–H groups in total. The van der Waals surface area contributed by atoms with E-state index in [0.717, 1.165) is 24.3 Å². The highest BCUT2D eigenvalue weighted by Crippen LogP contribution is 2.29. The zero-order valence-electron chi connectivity index (χ0n) is 14.6. The number of fused-ring (bicyclic) bond motifs is 1. The topological polar surface area (TPSA) is 33.5 Å². The van der Waals surface area contributed by atoms with Gasteiger partial charge in [0.05, 0.1) is 19.0 Å². The maximum Gasteiger partial charge on any atom is 0.262 e. The summed E-state index contributed by atoms with van der Waals surface area (Å²) in [4.78, 5) is 16.4. The first kappa shape index (κ1) is 17.2. The molecule has 1 heterocycles. The van der Waals surface area contributed by atoms with Crippen LogP contribution in [0, 0.1) is 0 Å². The smallest absolute Gasteiger partial charge is 0.262 e. The fraction of sp³-hybridized carbons (Fsp3) is 0.450. The van der Waals surface area contributed by atoms with Gasteiger partial charge in [0.25, 0.3) is 5.91 Å². The molecule has 1 aromatic carbocycles. The monoisotopic (exact) mass is 343 g/mol. The number of hydrogen-bond donors (Lipinski definition) is 2. The quantitative estimate of drug-likeness (QED) is 0.804. The van der Waals surface area contributed by atoms with Gasteiger partial charge in [-0.15, -0.1) is 11.3 Å². The van der Waals surface area contributed by atoms with Crippen molar-refractivity contribution in [2.45, 2.75) is 38.1 Å². The molecule has 0 aliphatic heterocycles. The second-order valence-corrected chi connectivity index (χ2v) is 8.10. The molecule has 24 heavy (non-hydrogen) atoms. The molecule has 0 spiro atoms. The standard InChI is InChI=1S/C20H26N2OS/c1-22(2)14-17(15-9-5-3-6-10-15)21-20(23)19-13-16-11-7-4-8-12-18(16)24-19/h3,5-6,9-10,13,17H,4,7-8,11-12,14H2,1-2H3,(H,21,23)/p+1/t17-/m1/s1. The van der Waals surface area contributed by atoms with Gasteiger partial charge in [-0.25, -0.2) is 0 Å². The number of benzene rings is 1. The summed E-state index contributed by atoms with van der Waals surface area (Å²) in [6.45, 7) is 0.876. The van der Waals surface area contributed by atoms with E-state index in [1.54, 1.807) is 11.3 Å². The van der Waals surface area contributed by atoms with E-state index >= 15 is 0 Å². The van der Waals surface area contributed by atoms with Crippen molar-refractivity contribution in [2.24, 2.45) is 0 Å². The Morgan fingerprint density at radius 1 is 1.17 bits per heavy atom. The molecule has 3 rings (SSSR count). The third kappa shape index (κ3) is 4.25. The van der Waals surface area contributed by atoms with Gasteiger partial charge in [0.15, 0.2) is 0 Å². The normalized spacial score (nSPS) is 15.6. The highest BCUT2D eigenvalue weighted by atomic mass is 32.1. The van der Waals surface area contributed by atoms with Crippen LogP contribution in [0.4, 0.5) is 0 Å². The number of likely N-dealkylation sites (N-methyl/N-ethyl adjacent to an activating group) is 1. The Morgan fingerprint density at radius 2 is 1.92 bits per heavy atom. The Morgan fingerprint density at radius 3 is 2.67 bits per heavy atom. The fourth-order valence-corrected chi connectivity index (χ4v) is 4.51. The molecule has 0 fully saturated rings. The number of aryl methyl sites for hydroxylation is 2. The predicted molar refractivity (Wildman–Crippen MR) is 99.9 cm³/mol.